The number of ether oxygens (including phenoxy) is 2. The van der Waals surface area contributed by atoms with Gasteiger partial charge in [0, 0.05) is 51.4 Å². The Balaban J connectivity index is 1.48. The molecule has 204 valence electrons. The zero-order chi connectivity index (χ0) is 26.2. The van der Waals surface area contributed by atoms with E-state index in [4.69, 9.17) is 15.2 Å². The van der Waals surface area contributed by atoms with Gasteiger partial charge in [-0.1, -0.05) is 62.4 Å². The number of piperidine rings is 1. The summed E-state index contributed by atoms with van der Waals surface area (Å²) in [5.74, 6) is 0.857. The summed E-state index contributed by atoms with van der Waals surface area (Å²) in [7, 11) is 1.70. The molecule has 7 heteroatoms. The van der Waals surface area contributed by atoms with Gasteiger partial charge in [-0.15, -0.1) is 0 Å². The summed E-state index contributed by atoms with van der Waals surface area (Å²) in [6.45, 7) is 4.74. The Hall–Kier alpha value is -2.22. The number of nitrogens with two attached hydrogens (primary N) is 1. The van der Waals surface area contributed by atoms with Crippen molar-refractivity contribution in [1.82, 2.24) is 0 Å². The smallest absolute Gasteiger partial charge is 0.253 e. The van der Waals surface area contributed by atoms with Crippen molar-refractivity contribution in [3.05, 3.63) is 56.3 Å². The minimum Gasteiger partial charge on any atom is -0.385 e. The van der Waals surface area contributed by atoms with Crippen LogP contribution in [0.4, 0.5) is 11.4 Å². The van der Waals surface area contributed by atoms with Crippen molar-refractivity contribution in [2.24, 2.45) is 17.6 Å². The normalized spacial score (nSPS) is 21.6. The van der Waals surface area contributed by atoms with Crippen LogP contribution in [0.15, 0.2) is 39.9 Å². The molecule has 2 aromatic rings. The predicted octanol–water partition coefficient (Wildman–Crippen LogP) is 4.39. The third kappa shape index (κ3) is 7.01. The van der Waals surface area contributed by atoms with E-state index in [0.29, 0.717) is 37.1 Å². The summed E-state index contributed by atoms with van der Waals surface area (Å²) >= 11 is 0. The second-order valence-corrected chi connectivity index (χ2v) is 11.1. The van der Waals surface area contributed by atoms with Crippen molar-refractivity contribution in [1.29, 1.82) is 0 Å². The number of benzene rings is 1. The number of anilines is 2. The molecule has 0 bridgehead atoms. The van der Waals surface area contributed by atoms with E-state index < -0.39 is 5.43 Å². The lowest BCUT2D eigenvalue weighted by Crippen LogP contribution is -2.50. The molecule has 4 rings (SSSR count). The molecule has 1 saturated carbocycles. The van der Waals surface area contributed by atoms with Crippen molar-refractivity contribution in [3.63, 3.8) is 0 Å². The lowest BCUT2D eigenvalue weighted by Gasteiger charge is -2.39. The Kier molecular flexibility index (Phi) is 10.2. The number of hydrogen-bond acceptors (Lipinski definition) is 7. The summed E-state index contributed by atoms with van der Waals surface area (Å²) in [6, 6.07) is 10.2. The van der Waals surface area contributed by atoms with Crippen molar-refractivity contribution >= 4 is 11.4 Å². The van der Waals surface area contributed by atoms with Crippen molar-refractivity contribution in [2.75, 3.05) is 43.6 Å². The third-order valence-electron chi connectivity index (χ3n) is 8.28. The molecule has 2 aliphatic rings. The van der Waals surface area contributed by atoms with Crippen LogP contribution in [-0.4, -0.2) is 45.5 Å². The molecule has 2 fully saturated rings. The monoisotopic (exact) mass is 511 g/mol. The molecule has 37 heavy (non-hydrogen) atoms. The van der Waals surface area contributed by atoms with Crippen LogP contribution in [0.5, 0.6) is 0 Å². The first-order chi connectivity index (χ1) is 18.0. The predicted molar refractivity (Wildman–Crippen MR) is 150 cm³/mol. The minimum absolute atomic E-state index is 0.00748. The van der Waals surface area contributed by atoms with Crippen LogP contribution in [0, 0.1) is 11.8 Å². The van der Waals surface area contributed by atoms with Crippen LogP contribution in [0.1, 0.15) is 76.4 Å². The van der Waals surface area contributed by atoms with Gasteiger partial charge in [0.25, 0.3) is 10.9 Å². The molecular formula is C30H45N3O4. The molecule has 0 amide bonds. The van der Waals surface area contributed by atoms with E-state index in [9.17, 15) is 9.59 Å². The Labute approximate surface area is 221 Å². The Morgan fingerprint density at radius 3 is 2.49 bits per heavy atom. The zero-order valence-electron chi connectivity index (χ0n) is 22.6. The van der Waals surface area contributed by atoms with E-state index in [1.165, 1.54) is 32.1 Å². The maximum Gasteiger partial charge on any atom is 0.253 e. The molecular weight excluding hydrogens is 466 g/mol. The van der Waals surface area contributed by atoms with E-state index in [1.54, 1.807) is 7.11 Å². The highest BCUT2D eigenvalue weighted by atomic mass is 16.5. The second kappa shape index (κ2) is 13.5. The topological polar surface area (TPSA) is 93.9 Å². The van der Waals surface area contributed by atoms with Crippen LogP contribution >= 0.6 is 0 Å². The highest BCUT2D eigenvalue weighted by Crippen LogP contribution is 2.36. The Morgan fingerprint density at radius 2 is 1.78 bits per heavy atom. The number of nitrogens with one attached hydrogen (secondary N) is 1. The van der Waals surface area contributed by atoms with Crippen LogP contribution in [0.25, 0.3) is 0 Å². The zero-order valence-corrected chi connectivity index (χ0v) is 22.6. The van der Waals surface area contributed by atoms with Gasteiger partial charge in [-0.2, -0.15) is 0 Å². The van der Waals surface area contributed by atoms with E-state index in [-0.39, 0.29) is 29.5 Å². The highest BCUT2D eigenvalue weighted by Gasteiger charge is 2.35. The summed E-state index contributed by atoms with van der Waals surface area (Å²) in [4.78, 5) is 27.7. The molecule has 1 aliphatic carbocycles. The van der Waals surface area contributed by atoms with Crippen molar-refractivity contribution in [2.45, 2.75) is 82.9 Å². The lowest BCUT2D eigenvalue weighted by atomic mass is 9.83. The van der Waals surface area contributed by atoms with Gasteiger partial charge < -0.3 is 25.4 Å². The van der Waals surface area contributed by atoms with E-state index in [1.807, 2.05) is 25.1 Å². The van der Waals surface area contributed by atoms with Gasteiger partial charge in [0.15, 0.2) is 0 Å². The standard InChI is InChI=1S/C30H45N3O4/c1-21(31)25(19-22-11-5-3-6-12-22)32-26-27(29(35)28(26)34)33-16-9-15-24(20-33)30(37-18-10-17-36-2)23-13-7-4-8-14-23/h4,7-8,13-14,21-22,24-25,30,32H,3,5-6,9-12,15-20,31H2,1-2H3/t21-,24?,25-,30?/m0/s1. The molecule has 3 N–H and O–H groups in total. The van der Waals surface area contributed by atoms with Gasteiger partial charge in [0.05, 0.1) is 6.10 Å². The summed E-state index contributed by atoms with van der Waals surface area (Å²) in [6.07, 6.45) is 9.99. The highest BCUT2D eigenvalue weighted by molar-refractivity contribution is 5.75. The minimum atomic E-state index is -0.401. The summed E-state index contributed by atoms with van der Waals surface area (Å²) < 4.78 is 11.6. The molecule has 0 aromatic heterocycles. The maximum absolute atomic E-state index is 12.8. The fourth-order valence-electron chi connectivity index (χ4n) is 6.21. The van der Waals surface area contributed by atoms with E-state index >= 15 is 0 Å². The van der Waals surface area contributed by atoms with Gasteiger partial charge in [0.1, 0.15) is 11.4 Å². The number of rotatable bonds is 13. The van der Waals surface area contributed by atoms with Crippen LogP contribution in [0.2, 0.25) is 0 Å². The maximum atomic E-state index is 12.8. The quantitative estimate of drug-likeness (QED) is 0.304. The molecule has 0 spiro atoms. The number of methoxy groups -OCH3 is 1. The number of hydrogen-bond donors (Lipinski definition) is 2. The second-order valence-electron chi connectivity index (χ2n) is 11.1. The SMILES string of the molecule is COCCCOC(c1ccccc1)C1CCCN(c2c(N[C@@H](CC3CCCCC3)[C@H](C)N)c(=O)c2=O)C1. The van der Waals surface area contributed by atoms with Crippen molar-refractivity contribution in [3.8, 4) is 0 Å². The Morgan fingerprint density at radius 1 is 1.03 bits per heavy atom. The average molecular weight is 512 g/mol. The van der Waals surface area contributed by atoms with Crippen molar-refractivity contribution < 1.29 is 9.47 Å². The third-order valence-corrected chi connectivity index (χ3v) is 8.28. The number of nitrogens with zero attached hydrogens (tertiary/aromatic N) is 1. The van der Waals surface area contributed by atoms with Crippen LogP contribution in [0.3, 0.4) is 0 Å². The fraction of sp³-hybridized carbons (Fsp3) is 0.667. The fourth-order valence-corrected chi connectivity index (χ4v) is 6.21. The molecule has 1 saturated heterocycles. The van der Waals surface area contributed by atoms with Gasteiger partial charge in [-0.05, 0) is 44.1 Å². The molecule has 0 radical (unpaired) electrons. The first-order valence-corrected chi connectivity index (χ1v) is 14.3. The van der Waals surface area contributed by atoms with Crippen LogP contribution < -0.4 is 26.8 Å². The molecule has 2 unspecified atom stereocenters. The van der Waals surface area contributed by atoms with Gasteiger partial charge in [0.2, 0.25) is 0 Å². The lowest BCUT2D eigenvalue weighted by molar-refractivity contribution is -0.00235. The van der Waals surface area contributed by atoms with Crippen LogP contribution in [-0.2, 0) is 9.47 Å². The van der Waals surface area contributed by atoms with E-state index in [2.05, 4.69) is 22.3 Å². The van der Waals surface area contributed by atoms with E-state index in [0.717, 1.165) is 37.8 Å². The largest absolute Gasteiger partial charge is 0.385 e. The first-order valence-electron chi connectivity index (χ1n) is 14.3. The molecule has 2 aromatic carbocycles. The summed E-state index contributed by atoms with van der Waals surface area (Å²) in [5.41, 5.74) is 7.76. The van der Waals surface area contributed by atoms with Gasteiger partial charge >= 0.3 is 0 Å². The Bertz CT molecular complexity index is 1030. The first kappa shape index (κ1) is 27.8. The van der Waals surface area contributed by atoms with Gasteiger partial charge in [-0.25, -0.2) is 0 Å². The average Bonchev–Trinajstić information content (AvgIpc) is 2.93. The molecule has 1 aliphatic heterocycles. The molecule has 1 heterocycles. The molecule has 4 atom stereocenters. The van der Waals surface area contributed by atoms with Gasteiger partial charge in [-0.3, -0.25) is 9.59 Å². The molecule has 7 nitrogen and oxygen atoms in total. The summed E-state index contributed by atoms with van der Waals surface area (Å²) in [5, 5.41) is 3.45.